The van der Waals surface area contributed by atoms with Crippen molar-refractivity contribution < 1.29 is 8.78 Å². The average molecular weight is 175 g/mol. The van der Waals surface area contributed by atoms with E-state index < -0.39 is 11.5 Å². The zero-order chi connectivity index (χ0) is 8.11. The summed E-state index contributed by atoms with van der Waals surface area (Å²) in [4.78, 5) is 0. The van der Waals surface area contributed by atoms with Crippen molar-refractivity contribution in [3.05, 3.63) is 22.4 Å². The van der Waals surface area contributed by atoms with Crippen LogP contribution in [0.4, 0.5) is 8.78 Å². The minimum Gasteiger partial charge on any atom is -0.316 e. The third kappa shape index (κ3) is 0.827. The van der Waals surface area contributed by atoms with Crippen LogP contribution in [0.15, 0.2) is 16.8 Å². The number of hydrogen-bond acceptors (Lipinski definition) is 2. The molecule has 0 amide bonds. The van der Waals surface area contributed by atoms with E-state index in [4.69, 9.17) is 5.73 Å². The molecular weight excluding hydrogens is 168 g/mol. The molecule has 0 spiro atoms. The molecule has 2 N–H and O–H groups in total. The van der Waals surface area contributed by atoms with Crippen molar-refractivity contribution in [2.75, 3.05) is 0 Å². The van der Waals surface area contributed by atoms with Crippen LogP contribution in [0.1, 0.15) is 12.0 Å². The van der Waals surface area contributed by atoms with Crippen LogP contribution in [0, 0.1) is 0 Å². The van der Waals surface area contributed by atoms with Gasteiger partial charge in [0.05, 0.1) is 0 Å². The predicted molar refractivity (Wildman–Crippen MR) is 39.7 cm³/mol. The van der Waals surface area contributed by atoms with Crippen LogP contribution in [0.25, 0.3) is 0 Å². The lowest BCUT2D eigenvalue weighted by molar-refractivity contribution is 0.0892. The predicted octanol–water partition coefficient (Wildman–Crippen LogP) is 1.94. The van der Waals surface area contributed by atoms with Crippen LogP contribution in [-0.2, 0) is 5.54 Å². The molecule has 1 aliphatic carbocycles. The molecule has 0 bridgehead atoms. The summed E-state index contributed by atoms with van der Waals surface area (Å²) >= 11 is 1.39. The van der Waals surface area contributed by atoms with Gasteiger partial charge in [-0.2, -0.15) is 11.3 Å². The molecule has 4 heteroatoms. The molecule has 60 valence electrons. The molecule has 11 heavy (non-hydrogen) atoms. The highest BCUT2D eigenvalue weighted by Crippen LogP contribution is 2.57. The smallest absolute Gasteiger partial charge is 0.272 e. The van der Waals surface area contributed by atoms with Gasteiger partial charge in [0.2, 0.25) is 0 Å². The molecule has 1 fully saturated rings. The van der Waals surface area contributed by atoms with Gasteiger partial charge in [-0.3, -0.25) is 0 Å². The lowest BCUT2D eigenvalue weighted by atomic mass is 10.1. The van der Waals surface area contributed by atoms with Gasteiger partial charge < -0.3 is 5.73 Å². The van der Waals surface area contributed by atoms with Gasteiger partial charge in [0.1, 0.15) is 5.54 Å². The molecule has 0 aliphatic heterocycles. The molecular formula is C7H7F2NS. The second-order valence-electron chi connectivity index (χ2n) is 2.86. The molecule has 1 saturated carbocycles. The molecule has 1 nitrogen and oxygen atoms in total. The Morgan fingerprint density at radius 1 is 1.55 bits per heavy atom. The second-order valence-corrected chi connectivity index (χ2v) is 3.64. The van der Waals surface area contributed by atoms with Gasteiger partial charge in [-0.1, -0.05) is 0 Å². The normalized spacial score (nSPS) is 33.7. The fraction of sp³-hybridized carbons (Fsp3) is 0.429. The molecule has 1 aromatic heterocycles. The molecule has 1 aliphatic rings. The summed E-state index contributed by atoms with van der Waals surface area (Å²) in [5.74, 6) is -2.69. The molecule has 1 atom stereocenters. The lowest BCUT2D eigenvalue weighted by Gasteiger charge is -2.06. The van der Waals surface area contributed by atoms with Crippen molar-refractivity contribution in [2.45, 2.75) is 17.9 Å². The number of nitrogens with two attached hydrogens (primary N) is 1. The van der Waals surface area contributed by atoms with Gasteiger partial charge in [-0.05, 0) is 22.4 Å². The maximum absolute atomic E-state index is 12.6. The monoisotopic (exact) mass is 175 g/mol. The molecule has 1 aromatic rings. The average Bonchev–Trinajstić information content (AvgIpc) is 2.36. The maximum atomic E-state index is 12.6. The highest BCUT2D eigenvalue weighted by atomic mass is 32.1. The van der Waals surface area contributed by atoms with Gasteiger partial charge in [0, 0.05) is 6.42 Å². The largest absolute Gasteiger partial charge is 0.316 e. The number of rotatable bonds is 1. The van der Waals surface area contributed by atoms with Crippen LogP contribution >= 0.6 is 11.3 Å². The summed E-state index contributed by atoms with van der Waals surface area (Å²) in [7, 11) is 0. The van der Waals surface area contributed by atoms with Crippen LogP contribution in [0.2, 0.25) is 0 Å². The minimum atomic E-state index is -2.69. The minimum absolute atomic E-state index is 0.212. The van der Waals surface area contributed by atoms with Crippen LogP contribution in [0.5, 0.6) is 0 Å². The first-order chi connectivity index (χ1) is 5.06. The van der Waals surface area contributed by atoms with Crippen molar-refractivity contribution in [3.63, 3.8) is 0 Å². The Morgan fingerprint density at radius 2 is 2.18 bits per heavy atom. The summed E-state index contributed by atoms with van der Waals surface area (Å²) in [5.41, 5.74) is 4.66. The van der Waals surface area contributed by atoms with Crippen molar-refractivity contribution in [1.82, 2.24) is 0 Å². The highest BCUT2D eigenvalue weighted by molar-refractivity contribution is 7.08. The summed E-state index contributed by atoms with van der Waals surface area (Å²) in [5, 5.41) is 3.44. The van der Waals surface area contributed by atoms with E-state index >= 15 is 0 Å². The topological polar surface area (TPSA) is 26.0 Å². The van der Waals surface area contributed by atoms with E-state index in [0.29, 0.717) is 5.56 Å². The van der Waals surface area contributed by atoms with Crippen molar-refractivity contribution in [3.8, 4) is 0 Å². The Balaban J connectivity index is 2.33. The lowest BCUT2D eigenvalue weighted by Crippen LogP contribution is -2.26. The van der Waals surface area contributed by atoms with Gasteiger partial charge >= 0.3 is 0 Å². The van der Waals surface area contributed by atoms with E-state index in [1.807, 2.05) is 0 Å². The molecule has 0 radical (unpaired) electrons. The zero-order valence-corrected chi connectivity index (χ0v) is 6.50. The fourth-order valence-corrected chi connectivity index (χ4v) is 1.88. The first kappa shape index (κ1) is 7.18. The van der Waals surface area contributed by atoms with Gasteiger partial charge in [-0.25, -0.2) is 8.78 Å². The third-order valence-electron chi connectivity index (χ3n) is 2.06. The molecule has 1 heterocycles. The van der Waals surface area contributed by atoms with Crippen LogP contribution in [-0.4, -0.2) is 5.92 Å². The molecule has 0 aromatic carbocycles. The van der Waals surface area contributed by atoms with Crippen LogP contribution in [0.3, 0.4) is 0 Å². The summed E-state index contributed by atoms with van der Waals surface area (Å²) in [6.45, 7) is 0. The summed E-state index contributed by atoms with van der Waals surface area (Å²) in [6, 6.07) is 1.66. The van der Waals surface area contributed by atoms with E-state index in [9.17, 15) is 8.78 Å². The number of halogens is 2. The van der Waals surface area contributed by atoms with E-state index in [2.05, 4.69) is 0 Å². The van der Waals surface area contributed by atoms with Crippen LogP contribution < -0.4 is 5.73 Å². The fourth-order valence-electron chi connectivity index (χ4n) is 1.14. The SMILES string of the molecule is NC1(c2ccsc2)CC1(F)F. The van der Waals surface area contributed by atoms with Crippen molar-refractivity contribution >= 4 is 11.3 Å². The number of thiophene rings is 1. The Kier molecular flexibility index (Phi) is 1.18. The molecule has 2 rings (SSSR count). The molecule has 1 unspecified atom stereocenters. The Morgan fingerprint density at radius 3 is 2.55 bits per heavy atom. The number of hydrogen-bond donors (Lipinski definition) is 1. The van der Waals surface area contributed by atoms with Crippen molar-refractivity contribution in [1.29, 1.82) is 0 Å². The first-order valence-corrected chi connectivity index (χ1v) is 4.20. The van der Waals surface area contributed by atoms with Crippen molar-refractivity contribution in [2.24, 2.45) is 5.73 Å². The van der Waals surface area contributed by atoms with E-state index in [1.54, 1.807) is 16.8 Å². The van der Waals surface area contributed by atoms with E-state index in [1.165, 1.54) is 11.3 Å². The van der Waals surface area contributed by atoms with E-state index in [-0.39, 0.29) is 6.42 Å². The highest BCUT2D eigenvalue weighted by Gasteiger charge is 2.70. The molecule has 0 saturated heterocycles. The summed E-state index contributed by atoms with van der Waals surface area (Å²) < 4.78 is 25.2. The maximum Gasteiger partial charge on any atom is 0.272 e. The van der Waals surface area contributed by atoms with Gasteiger partial charge in [-0.15, -0.1) is 0 Å². The standard InChI is InChI=1S/C7H7F2NS/c8-7(9)4-6(7,10)5-1-2-11-3-5/h1-3H,4,10H2. The first-order valence-electron chi connectivity index (χ1n) is 3.26. The Labute approximate surface area is 66.8 Å². The Hall–Kier alpha value is -0.480. The second kappa shape index (κ2) is 1.81. The zero-order valence-electron chi connectivity index (χ0n) is 5.68. The number of alkyl halides is 2. The van der Waals surface area contributed by atoms with Gasteiger partial charge in [0.25, 0.3) is 5.92 Å². The third-order valence-corrected chi connectivity index (χ3v) is 2.75. The quantitative estimate of drug-likeness (QED) is 0.693. The van der Waals surface area contributed by atoms with E-state index in [0.717, 1.165) is 0 Å². The Bertz CT molecular complexity index is 270. The van der Waals surface area contributed by atoms with Gasteiger partial charge in [0.15, 0.2) is 0 Å². The summed E-state index contributed by atoms with van der Waals surface area (Å²) in [6.07, 6.45) is -0.212.